The Hall–Kier alpha value is -1.81. The van der Waals surface area contributed by atoms with Crippen LogP contribution in [-0.4, -0.2) is 36.1 Å². The number of nitrogens with one attached hydrogen (secondary N) is 1. The van der Waals surface area contributed by atoms with Crippen LogP contribution in [0.15, 0.2) is 24.3 Å². The molecule has 4 heteroatoms. The van der Waals surface area contributed by atoms with E-state index in [0.717, 1.165) is 25.9 Å². The van der Waals surface area contributed by atoms with E-state index in [1.807, 2.05) is 0 Å². The van der Waals surface area contributed by atoms with E-state index in [-0.39, 0.29) is 11.4 Å². The van der Waals surface area contributed by atoms with Crippen LogP contribution in [0.5, 0.6) is 0 Å². The van der Waals surface area contributed by atoms with Gasteiger partial charge in [-0.05, 0) is 49.3 Å². The van der Waals surface area contributed by atoms with Crippen LogP contribution >= 0.6 is 0 Å². The molecule has 0 aliphatic carbocycles. The van der Waals surface area contributed by atoms with Crippen LogP contribution in [0.3, 0.4) is 0 Å². The van der Waals surface area contributed by atoms with E-state index in [4.69, 9.17) is 4.74 Å². The van der Waals surface area contributed by atoms with E-state index in [0.29, 0.717) is 12.5 Å². The molecule has 0 amide bonds. The molecule has 1 fully saturated rings. The molecule has 2 aliphatic heterocycles. The second-order valence-corrected chi connectivity index (χ2v) is 8.04. The summed E-state index contributed by atoms with van der Waals surface area (Å²) in [6, 6.07) is 9.10. The number of ether oxygens (including phenoxy) is 1. The molecule has 2 aliphatic rings. The molecule has 4 nitrogen and oxygen atoms in total. The fourth-order valence-electron chi connectivity index (χ4n) is 5.36. The first-order chi connectivity index (χ1) is 12.7. The van der Waals surface area contributed by atoms with Crippen LogP contribution in [0.2, 0.25) is 0 Å². The molecule has 2 aromatic rings. The van der Waals surface area contributed by atoms with Crippen LogP contribution in [0.1, 0.15) is 62.7 Å². The zero-order valence-electron chi connectivity index (χ0n) is 16.0. The first-order valence-electron chi connectivity index (χ1n) is 10.1. The van der Waals surface area contributed by atoms with Crippen molar-refractivity contribution in [1.82, 2.24) is 9.88 Å². The van der Waals surface area contributed by atoms with E-state index in [1.54, 1.807) is 0 Å². The lowest BCUT2D eigenvalue weighted by Gasteiger charge is -2.41. The minimum Gasteiger partial charge on any atom is -0.469 e. The number of hydrogen-bond acceptors (Lipinski definition) is 3. The number of methoxy groups -OCH3 is 1. The number of carbonyl (C=O) groups excluding carboxylic acids is 1. The molecule has 3 heterocycles. The average molecular weight is 354 g/mol. The molecule has 2 unspecified atom stereocenters. The average Bonchev–Trinajstić information content (AvgIpc) is 3.23. The standard InChI is InChI=1S/C22H30N2O2/c1-3-4-11-22(12-9-19(25)26-2)13-15-24-14-10-17-16-7-5-6-8-18(16)23-20(17)21(22)24/h5-8,21,23H,3-4,9-15H2,1-2H3. The summed E-state index contributed by atoms with van der Waals surface area (Å²) in [4.78, 5) is 18.3. The third kappa shape index (κ3) is 2.84. The zero-order chi connectivity index (χ0) is 18.1. The van der Waals surface area contributed by atoms with Gasteiger partial charge in [-0.25, -0.2) is 0 Å². The van der Waals surface area contributed by atoms with Crippen LogP contribution in [0.25, 0.3) is 10.9 Å². The summed E-state index contributed by atoms with van der Waals surface area (Å²) < 4.78 is 4.95. The Labute approximate surface area is 155 Å². The monoisotopic (exact) mass is 354 g/mol. The number of carbonyl (C=O) groups is 1. The number of esters is 1. The Bertz CT molecular complexity index is 797. The molecule has 1 N–H and O–H groups in total. The van der Waals surface area contributed by atoms with E-state index in [2.05, 4.69) is 41.1 Å². The van der Waals surface area contributed by atoms with Crippen LogP contribution in [0.4, 0.5) is 0 Å². The van der Waals surface area contributed by atoms with Crippen molar-refractivity contribution < 1.29 is 9.53 Å². The van der Waals surface area contributed by atoms with Gasteiger partial charge in [0.25, 0.3) is 0 Å². The molecule has 1 aromatic carbocycles. The number of para-hydroxylation sites is 1. The smallest absolute Gasteiger partial charge is 0.305 e. The van der Waals surface area contributed by atoms with Gasteiger partial charge in [0, 0.05) is 29.6 Å². The maximum absolute atomic E-state index is 11.9. The number of aromatic amines is 1. The molecule has 0 bridgehead atoms. The number of H-pyrrole nitrogens is 1. The predicted octanol–water partition coefficient (Wildman–Crippen LogP) is 4.60. The van der Waals surface area contributed by atoms with Gasteiger partial charge in [-0.1, -0.05) is 38.0 Å². The predicted molar refractivity (Wildman–Crippen MR) is 104 cm³/mol. The number of aromatic nitrogens is 1. The minimum absolute atomic E-state index is 0.0768. The van der Waals surface area contributed by atoms with Crippen molar-refractivity contribution in [3.8, 4) is 0 Å². The molecular formula is C22H30N2O2. The van der Waals surface area contributed by atoms with Gasteiger partial charge in [-0.2, -0.15) is 0 Å². The third-order valence-electron chi connectivity index (χ3n) is 6.69. The highest BCUT2D eigenvalue weighted by Crippen LogP contribution is 2.55. The maximum atomic E-state index is 11.9. The van der Waals surface area contributed by atoms with Gasteiger partial charge in [0.1, 0.15) is 0 Å². The summed E-state index contributed by atoms with van der Waals surface area (Å²) in [6.07, 6.45) is 7.37. The first-order valence-corrected chi connectivity index (χ1v) is 10.1. The van der Waals surface area contributed by atoms with E-state index >= 15 is 0 Å². The van der Waals surface area contributed by atoms with Crippen LogP contribution in [0, 0.1) is 5.41 Å². The zero-order valence-corrected chi connectivity index (χ0v) is 16.0. The molecule has 1 saturated heterocycles. The van der Waals surface area contributed by atoms with Crippen molar-refractivity contribution in [1.29, 1.82) is 0 Å². The number of fused-ring (bicyclic) bond motifs is 5. The van der Waals surface area contributed by atoms with Gasteiger partial charge in [0.15, 0.2) is 0 Å². The lowest BCUT2D eigenvalue weighted by atomic mass is 9.70. The highest BCUT2D eigenvalue weighted by Gasteiger charge is 2.50. The SMILES string of the molecule is CCCCC1(CCC(=O)OC)CCN2CCc3c([nH]c4ccccc34)C21. The van der Waals surface area contributed by atoms with Crippen molar-refractivity contribution in [2.75, 3.05) is 20.2 Å². The van der Waals surface area contributed by atoms with Crippen molar-refractivity contribution in [3.05, 3.63) is 35.5 Å². The summed E-state index contributed by atoms with van der Waals surface area (Å²) in [5.74, 6) is -0.0768. The van der Waals surface area contributed by atoms with Crippen LogP contribution < -0.4 is 0 Å². The van der Waals surface area contributed by atoms with Gasteiger partial charge in [0.05, 0.1) is 13.2 Å². The number of nitrogens with zero attached hydrogens (tertiary/aromatic N) is 1. The Balaban J connectivity index is 1.74. The number of hydrogen-bond donors (Lipinski definition) is 1. The summed E-state index contributed by atoms with van der Waals surface area (Å²) in [5, 5.41) is 1.38. The van der Waals surface area contributed by atoms with Crippen molar-refractivity contribution in [2.45, 2.75) is 57.9 Å². The fourth-order valence-corrected chi connectivity index (χ4v) is 5.36. The lowest BCUT2D eigenvalue weighted by molar-refractivity contribution is -0.141. The molecule has 0 spiro atoms. The minimum atomic E-state index is -0.0768. The highest BCUT2D eigenvalue weighted by atomic mass is 16.5. The molecular weight excluding hydrogens is 324 g/mol. The molecule has 4 rings (SSSR count). The van der Waals surface area contributed by atoms with E-state index in [9.17, 15) is 4.79 Å². The Morgan fingerprint density at radius 3 is 2.96 bits per heavy atom. The second kappa shape index (κ2) is 7.07. The van der Waals surface area contributed by atoms with Gasteiger partial charge in [0.2, 0.25) is 0 Å². The van der Waals surface area contributed by atoms with Crippen molar-refractivity contribution in [3.63, 3.8) is 0 Å². The topological polar surface area (TPSA) is 45.3 Å². The van der Waals surface area contributed by atoms with Gasteiger partial charge < -0.3 is 9.72 Å². The highest BCUT2D eigenvalue weighted by molar-refractivity contribution is 5.85. The van der Waals surface area contributed by atoms with Crippen molar-refractivity contribution >= 4 is 16.9 Å². The summed E-state index contributed by atoms with van der Waals surface area (Å²) in [6.45, 7) is 4.53. The van der Waals surface area contributed by atoms with Gasteiger partial charge in [-0.3, -0.25) is 9.69 Å². The quantitative estimate of drug-likeness (QED) is 0.771. The first kappa shape index (κ1) is 17.6. The maximum Gasteiger partial charge on any atom is 0.305 e. The fraction of sp³-hybridized carbons (Fsp3) is 0.591. The molecule has 26 heavy (non-hydrogen) atoms. The van der Waals surface area contributed by atoms with Gasteiger partial charge >= 0.3 is 5.97 Å². The number of rotatable bonds is 6. The Morgan fingerprint density at radius 2 is 2.15 bits per heavy atom. The molecule has 1 aromatic heterocycles. The summed E-state index contributed by atoms with van der Waals surface area (Å²) in [5.41, 5.74) is 4.35. The van der Waals surface area contributed by atoms with Gasteiger partial charge in [-0.15, -0.1) is 0 Å². The van der Waals surface area contributed by atoms with E-state index in [1.165, 1.54) is 55.0 Å². The summed E-state index contributed by atoms with van der Waals surface area (Å²) in [7, 11) is 1.50. The third-order valence-corrected chi connectivity index (χ3v) is 6.69. The number of benzene rings is 1. The molecule has 0 saturated carbocycles. The van der Waals surface area contributed by atoms with Crippen molar-refractivity contribution in [2.24, 2.45) is 5.41 Å². The molecule has 2 atom stereocenters. The Kier molecular flexibility index (Phi) is 4.78. The summed E-state index contributed by atoms with van der Waals surface area (Å²) >= 11 is 0. The van der Waals surface area contributed by atoms with Crippen LogP contribution in [-0.2, 0) is 16.0 Å². The lowest BCUT2D eigenvalue weighted by Crippen LogP contribution is -2.37. The second-order valence-electron chi connectivity index (χ2n) is 8.04. The largest absolute Gasteiger partial charge is 0.469 e. The Morgan fingerprint density at radius 1 is 1.31 bits per heavy atom. The molecule has 140 valence electrons. The van der Waals surface area contributed by atoms with E-state index < -0.39 is 0 Å². The normalized spacial score (nSPS) is 25.2. The number of unbranched alkanes of at least 4 members (excludes halogenated alkanes) is 1. The molecule has 0 radical (unpaired) electrons.